The minimum atomic E-state index is -1.08. The molecule has 0 amide bonds. The molecule has 0 aliphatic carbocycles. The van der Waals surface area contributed by atoms with Crippen molar-refractivity contribution in [2.45, 2.75) is 6.54 Å². The summed E-state index contributed by atoms with van der Waals surface area (Å²) in [6, 6.07) is 4.71. The Morgan fingerprint density at radius 2 is 2.29 bits per heavy atom. The lowest BCUT2D eigenvalue weighted by molar-refractivity contribution is 0.0691. The van der Waals surface area contributed by atoms with Gasteiger partial charge in [0.2, 0.25) is 0 Å². The molecule has 0 aliphatic rings. The van der Waals surface area contributed by atoms with Gasteiger partial charge in [-0.05, 0) is 27.6 Å². The Balaban J connectivity index is 2.25. The fourth-order valence-corrected chi connectivity index (χ4v) is 1.81. The summed E-state index contributed by atoms with van der Waals surface area (Å²) in [4.78, 5) is 14.4. The van der Waals surface area contributed by atoms with Gasteiger partial charge in [-0.2, -0.15) is 0 Å². The average molecular weight is 299 g/mol. The molecule has 2 rings (SSSR count). The van der Waals surface area contributed by atoms with Crippen LogP contribution < -0.4 is 0 Å². The minimum absolute atomic E-state index is 0.0301. The lowest BCUT2D eigenvalue weighted by atomic mass is 10.2. The summed E-state index contributed by atoms with van der Waals surface area (Å²) in [5, 5.41) is 8.72. The molecule has 0 atom stereocenters. The third-order valence-corrected chi connectivity index (χ3v) is 3.12. The van der Waals surface area contributed by atoms with Crippen LogP contribution in [0, 0.1) is 5.82 Å². The molecule has 4 nitrogen and oxygen atoms in total. The molecule has 0 fully saturated rings. The van der Waals surface area contributed by atoms with Crippen molar-refractivity contribution in [3.8, 4) is 0 Å². The highest BCUT2D eigenvalue weighted by molar-refractivity contribution is 9.10. The Morgan fingerprint density at radius 3 is 2.94 bits per heavy atom. The molecule has 0 spiro atoms. The first-order valence-corrected chi connectivity index (χ1v) is 5.55. The third-order valence-electron chi connectivity index (χ3n) is 2.24. The number of halogens is 2. The number of carboxylic acid groups (broad SMARTS) is 1. The molecule has 88 valence electrons. The number of rotatable bonds is 3. The van der Waals surface area contributed by atoms with Gasteiger partial charge < -0.3 is 9.67 Å². The van der Waals surface area contributed by atoms with E-state index in [1.54, 1.807) is 16.7 Å². The number of carboxylic acids is 1. The quantitative estimate of drug-likeness (QED) is 0.947. The molecule has 1 aromatic heterocycles. The number of hydrogen-bond donors (Lipinski definition) is 1. The fourth-order valence-electron chi connectivity index (χ4n) is 1.42. The predicted molar refractivity (Wildman–Crippen MR) is 62.4 cm³/mol. The van der Waals surface area contributed by atoms with Crippen molar-refractivity contribution in [1.29, 1.82) is 0 Å². The van der Waals surface area contributed by atoms with Crippen LogP contribution in [0.5, 0.6) is 0 Å². The van der Waals surface area contributed by atoms with Crippen LogP contribution in [-0.4, -0.2) is 20.6 Å². The number of imidazole rings is 1. The van der Waals surface area contributed by atoms with E-state index in [-0.39, 0.29) is 11.5 Å². The second-order valence-electron chi connectivity index (χ2n) is 3.45. The largest absolute Gasteiger partial charge is 0.476 e. The molecule has 0 unspecified atom stereocenters. The van der Waals surface area contributed by atoms with Gasteiger partial charge in [-0.15, -0.1) is 0 Å². The van der Waals surface area contributed by atoms with Crippen molar-refractivity contribution in [2.75, 3.05) is 0 Å². The molecule has 0 saturated carbocycles. The van der Waals surface area contributed by atoms with Crippen LogP contribution in [0.2, 0.25) is 0 Å². The van der Waals surface area contributed by atoms with Crippen molar-refractivity contribution in [1.82, 2.24) is 9.55 Å². The number of benzene rings is 1. The van der Waals surface area contributed by atoms with Gasteiger partial charge in [-0.3, -0.25) is 0 Å². The maximum Gasteiger partial charge on any atom is 0.356 e. The molecular weight excluding hydrogens is 291 g/mol. The number of nitrogens with zero attached hydrogens (tertiary/aromatic N) is 2. The lowest BCUT2D eigenvalue weighted by Crippen LogP contribution is -1.99. The standard InChI is InChI=1S/C11H8BrFN2O2/c12-10-7(2-1-3-8(10)13)4-15-5-9(11(16)17)14-6-15/h1-3,5-6H,4H2,(H,16,17). The van der Waals surface area contributed by atoms with E-state index in [9.17, 15) is 9.18 Å². The maximum atomic E-state index is 13.2. The summed E-state index contributed by atoms with van der Waals surface area (Å²) in [6.07, 6.45) is 2.81. The minimum Gasteiger partial charge on any atom is -0.476 e. The van der Waals surface area contributed by atoms with Crippen LogP contribution in [0.4, 0.5) is 4.39 Å². The average Bonchev–Trinajstić information content (AvgIpc) is 2.73. The first-order chi connectivity index (χ1) is 8.08. The van der Waals surface area contributed by atoms with Crippen LogP contribution >= 0.6 is 15.9 Å². The van der Waals surface area contributed by atoms with E-state index in [4.69, 9.17) is 5.11 Å². The van der Waals surface area contributed by atoms with Gasteiger partial charge in [0.1, 0.15) is 5.82 Å². The van der Waals surface area contributed by atoms with Crippen molar-refractivity contribution in [3.63, 3.8) is 0 Å². The number of aromatic carboxylic acids is 1. The van der Waals surface area contributed by atoms with Gasteiger partial charge in [0.25, 0.3) is 0 Å². The van der Waals surface area contributed by atoms with Crippen molar-refractivity contribution in [3.05, 3.63) is 52.3 Å². The van der Waals surface area contributed by atoms with E-state index in [2.05, 4.69) is 20.9 Å². The number of hydrogen-bond acceptors (Lipinski definition) is 2. The topological polar surface area (TPSA) is 55.1 Å². The van der Waals surface area contributed by atoms with Gasteiger partial charge in [0.15, 0.2) is 5.69 Å². The van der Waals surface area contributed by atoms with E-state index < -0.39 is 5.97 Å². The van der Waals surface area contributed by atoms with Gasteiger partial charge >= 0.3 is 5.97 Å². The van der Waals surface area contributed by atoms with Crippen LogP contribution in [0.3, 0.4) is 0 Å². The van der Waals surface area contributed by atoms with E-state index in [1.807, 2.05) is 0 Å². The molecular formula is C11H8BrFN2O2. The molecule has 0 bridgehead atoms. The second-order valence-corrected chi connectivity index (χ2v) is 4.24. The number of carbonyl (C=O) groups is 1. The van der Waals surface area contributed by atoms with Crippen LogP contribution in [0.1, 0.15) is 16.1 Å². The van der Waals surface area contributed by atoms with Crippen molar-refractivity contribution >= 4 is 21.9 Å². The Kier molecular flexibility index (Phi) is 3.23. The third kappa shape index (κ3) is 2.52. The van der Waals surface area contributed by atoms with E-state index in [0.29, 0.717) is 11.0 Å². The highest BCUT2D eigenvalue weighted by Crippen LogP contribution is 2.21. The first-order valence-electron chi connectivity index (χ1n) is 4.76. The van der Waals surface area contributed by atoms with E-state index in [1.165, 1.54) is 18.6 Å². The van der Waals surface area contributed by atoms with Crippen molar-refractivity contribution < 1.29 is 14.3 Å². The summed E-state index contributed by atoms with van der Waals surface area (Å²) in [7, 11) is 0. The highest BCUT2D eigenvalue weighted by Gasteiger charge is 2.09. The van der Waals surface area contributed by atoms with Crippen LogP contribution in [-0.2, 0) is 6.54 Å². The summed E-state index contributed by atoms with van der Waals surface area (Å²) >= 11 is 3.15. The first kappa shape index (κ1) is 11.8. The van der Waals surface area contributed by atoms with E-state index >= 15 is 0 Å². The Bertz CT molecular complexity index is 568. The monoisotopic (exact) mass is 298 g/mol. The lowest BCUT2D eigenvalue weighted by Gasteiger charge is -2.05. The van der Waals surface area contributed by atoms with Gasteiger partial charge in [0.05, 0.1) is 10.8 Å². The summed E-state index contributed by atoms with van der Waals surface area (Å²) in [5.41, 5.74) is 0.692. The summed E-state index contributed by atoms with van der Waals surface area (Å²) in [5.74, 6) is -1.43. The highest BCUT2D eigenvalue weighted by atomic mass is 79.9. The SMILES string of the molecule is O=C(O)c1cn(Cc2cccc(F)c2Br)cn1. The summed E-state index contributed by atoms with van der Waals surface area (Å²) in [6.45, 7) is 0.360. The molecule has 0 saturated heterocycles. The molecule has 17 heavy (non-hydrogen) atoms. The van der Waals surface area contributed by atoms with Gasteiger partial charge in [-0.25, -0.2) is 14.2 Å². The Labute approximate surface area is 105 Å². The van der Waals surface area contributed by atoms with E-state index in [0.717, 1.165) is 5.56 Å². The smallest absolute Gasteiger partial charge is 0.356 e. The Hall–Kier alpha value is -1.69. The fraction of sp³-hybridized carbons (Fsp3) is 0.0909. The van der Waals surface area contributed by atoms with Gasteiger partial charge in [-0.1, -0.05) is 12.1 Å². The van der Waals surface area contributed by atoms with Crippen molar-refractivity contribution in [2.24, 2.45) is 0 Å². The van der Waals surface area contributed by atoms with Gasteiger partial charge in [0, 0.05) is 12.7 Å². The maximum absolute atomic E-state index is 13.2. The molecule has 0 aliphatic heterocycles. The zero-order valence-corrected chi connectivity index (χ0v) is 10.2. The second kappa shape index (κ2) is 4.67. The molecule has 6 heteroatoms. The summed E-state index contributed by atoms with van der Waals surface area (Å²) < 4.78 is 15.2. The van der Waals surface area contributed by atoms with Crippen LogP contribution in [0.25, 0.3) is 0 Å². The molecule has 0 radical (unpaired) electrons. The molecule has 1 N–H and O–H groups in total. The Morgan fingerprint density at radius 1 is 1.53 bits per heavy atom. The molecule has 1 aromatic carbocycles. The predicted octanol–water partition coefficient (Wildman–Crippen LogP) is 2.53. The zero-order valence-electron chi connectivity index (χ0n) is 8.60. The van der Waals surface area contributed by atoms with Crippen LogP contribution in [0.15, 0.2) is 35.2 Å². The normalized spacial score (nSPS) is 10.5. The molecule has 1 heterocycles. The zero-order chi connectivity index (χ0) is 12.4. The number of aromatic nitrogens is 2. The molecule has 2 aromatic rings.